The van der Waals surface area contributed by atoms with Gasteiger partial charge in [0.25, 0.3) is 0 Å². The zero-order chi connectivity index (χ0) is 15.5. The zero-order valence-electron chi connectivity index (χ0n) is 13.5. The Morgan fingerprint density at radius 1 is 1.19 bits per heavy atom. The normalized spacial score (nSPS) is 12.6. The largest absolute Gasteiger partial charge is 0.389 e. The fraction of sp³-hybridized carbons (Fsp3) is 0.647. The van der Waals surface area contributed by atoms with Crippen molar-refractivity contribution in [1.29, 1.82) is 0 Å². The molecular weight excluding hydrogens is 266 g/mol. The third-order valence-electron chi connectivity index (χ3n) is 3.05. The van der Waals surface area contributed by atoms with E-state index in [4.69, 9.17) is 9.47 Å². The van der Waals surface area contributed by atoms with Crippen molar-refractivity contribution in [2.24, 2.45) is 0 Å². The molecule has 1 atom stereocenters. The lowest BCUT2D eigenvalue weighted by Crippen LogP contribution is -2.26. The first-order valence-corrected chi connectivity index (χ1v) is 7.82. The fourth-order valence-corrected chi connectivity index (χ4v) is 2.03. The summed E-state index contributed by atoms with van der Waals surface area (Å²) in [6.45, 7) is 8.05. The van der Waals surface area contributed by atoms with E-state index >= 15 is 0 Å². The first kappa shape index (κ1) is 18.0. The van der Waals surface area contributed by atoms with Crippen molar-refractivity contribution in [2.75, 3.05) is 31.7 Å². The van der Waals surface area contributed by atoms with Gasteiger partial charge < -0.3 is 19.9 Å². The first-order valence-electron chi connectivity index (χ1n) is 7.82. The van der Waals surface area contributed by atoms with Crippen molar-refractivity contribution in [3.63, 3.8) is 0 Å². The lowest BCUT2D eigenvalue weighted by Gasteiger charge is -2.16. The van der Waals surface area contributed by atoms with E-state index < -0.39 is 6.10 Å². The Kier molecular flexibility index (Phi) is 9.06. The van der Waals surface area contributed by atoms with Crippen molar-refractivity contribution in [2.45, 2.75) is 45.8 Å². The minimum atomic E-state index is -0.515. The van der Waals surface area contributed by atoms with Crippen molar-refractivity contribution in [1.82, 2.24) is 0 Å². The third-order valence-corrected chi connectivity index (χ3v) is 3.05. The summed E-state index contributed by atoms with van der Waals surface area (Å²) in [4.78, 5) is 0. The first-order chi connectivity index (χ1) is 10.1. The summed E-state index contributed by atoms with van der Waals surface area (Å²) in [6.07, 6.45) is 1.86. The fourth-order valence-electron chi connectivity index (χ4n) is 2.03. The van der Waals surface area contributed by atoms with Crippen LogP contribution in [0.15, 0.2) is 24.3 Å². The number of benzene rings is 1. The van der Waals surface area contributed by atoms with Gasteiger partial charge in [-0.3, -0.25) is 0 Å². The molecule has 0 aliphatic carbocycles. The number of ether oxygens (including phenoxy) is 2. The van der Waals surface area contributed by atoms with Crippen molar-refractivity contribution < 1.29 is 14.6 Å². The Hall–Kier alpha value is -1.10. The molecule has 120 valence electrons. The van der Waals surface area contributed by atoms with E-state index in [1.54, 1.807) is 0 Å². The van der Waals surface area contributed by atoms with Crippen LogP contribution in [0.25, 0.3) is 0 Å². The molecule has 1 aromatic carbocycles. The topological polar surface area (TPSA) is 50.7 Å². The van der Waals surface area contributed by atoms with Crippen LogP contribution in [-0.2, 0) is 15.9 Å². The van der Waals surface area contributed by atoms with E-state index in [2.05, 4.69) is 24.4 Å². The maximum absolute atomic E-state index is 9.91. The molecule has 0 aliphatic heterocycles. The predicted molar refractivity (Wildman–Crippen MR) is 86.8 cm³/mol. The van der Waals surface area contributed by atoms with Gasteiger partial charge in [0.1, 0.15) is 0 Å². The molecule has 0 saturated carbocycles. The van der Waals surface area contributed by atoms with Gasteiger partial charge in [-0.05, 0) is 31.9 Å². The molecule has 1 rings (SSSR count). The zero-order valence-corrected chi connectivity index (χ0v) is 13.5. The van der Waals surface area contributed by atoms with Crippen LogP contribution in [0.1, 0.15) is 32.8 Å². The summed E-state index contributed by atoms with van der Waals surface area (Å²) in [5.41, 5.74) is 2.39. The van der Waals surface area contributed by atoms with E-state index in [1.807, 2.05) is 26.0 Å². The van der Waals surface area contributed by atoms with Gasteiger partial charge in [0.2, 0.25) is 0 Å². The lowest BCUT2D eigenvalue weighted by molar-refractivity contribution is -0.00734. The van der Waals surface area contributed by atoms with Crippen LogP contribution in [-0.4, -0.2) is 43.7 Å². The molecule has 1 aromatic rings. The summed E-state index contributed by atoms with van der Waals surface area (Å²) in [7, 11) is 0. The second-order valence-electron chi connectivity index (χ2n) is 5.44. The van der Waals surface area contributed by atoms with Crippen LogP contribution < -0.4 is 5.32 Å². The van der Waals surface area contributed by atoms with E-state index in [0.717, 1.165) is 18.5 Å². The molecule has 0 saturated heterocycles. The van der Waals surface area contributed by atoms with Gasteiger partial charge in [0.15, 0.2) is 0 Å². The Morgan fingerprint density at radius 2 is 1.95 bits per heavy atom. The number of anilines is 1. The van der Waals surface area contributed by atoms with E-state index in [1.165, 1.54) is 5.56 Å². The average Bonchev–Trinajstić information content (AvgIpc) is 2.46. The SMILES string of the molecule is CCCc1ccccc1NCC(O)COCCOC(C)C. The number of para-hydroxylation sites is 1. The molecule has 0 fully saturated rings. The highest BCUT2D eigenvalue weighted by atomic mass is 16.5. The van der Waals surface area contributed by atoms with Crippen LogP contribution in [0.4, 0.5) is 5.69 Å². The highest BCUT2D eigenvalue weighted by Crippen LogP contribution is 2.16. The number of aryl methyl sites for hydroxylation is 1. The van der Waals surface area contributed by atoms with Crippen LogP contribution in [0.3, 0.4) is 0 Å². The minimum Gasteiger partial charge on any atom is -0.389 e. The van der Waals surface area contributed by atoms with E-state index in [9.17, 15) is 5.11 Å². The Bertz CT molecular complexity index is 382. The van der Waals surface area contributed by atoms with Crippen LogP contribution in [0.5, 0.6) is 0 Å². The van der Waals surface area contributed by atoms with E-state index in [-0.39, 0.29) is 6.10 Å². The number of nitrogens with one attached hydrogen (secondary N) is 1. The van der Waals surface area contributed by atoms with Gasteiger partial charge in [-0.15, -0.1) is 0 Å². The summed E-state index contributed by atoms with van der Waals surface area (Å²) in [5.74, 6) is 0. The maximum atomic E-state index is 9.91. The van der Waals surface area contributed by atoms with Gasteiger partial charge in [-0.25, -0.2) is 0 Å². The molecule has 4 heteroatoms. The van der Waals surface area contributed by atoms with Crippen molar-refractivity contribution in [3.8, 4) is 0 Å². The molecule has 4 nitrogen and oxygen atoms in total. The van der Waals surface area contributed by atoms with E-state index in [0.29, 0.717) is 26.4 Å². The molecule has 0 bridgehead atoms. The highest BCUT2D eigenvalue weighted by molar-refractivity contribution is 5.51. The monoisotopic (exact) mass is 295 g/mol. The molecule has 1 unspecified atom stereocenters. The third kappa shape index (κ3) is 8.05. The number of aliphatic hydroxyl groups is 1. The predicted octanol–water partition coefficient (Wildman–Crippen LogP) is 2.85. The smallest absolute Gasteiger partial charge is 0.0945 e. The maximum Gasteiger partial charge on any atom is 0.0945 e. The number of hydrogen-bond acceptors (Lipinski definition) is 4. The molecule has 0 amide bonds. The second kappa shape index (κ2) is 10.6. The minimum absolute atomic E-state index is 0.218. The van der Waals surface area contributed by atoms with Crippen molar-refractivity contribution >= 4 is 5.69 Å². The number of rotatable bonds is 11. The van der Waals surface area contributed by atoms with Gasteiger partial charge in [-0.1, -0.05) is 31.5 Å². The summed E-state index contributed by atoms with van der Waals surface area (Å²) in [6, 6.07) is 8.23. The summed E-state index contributed by atoms with van der Waals surface area (Å²) in [5, 5.41) is 13.2. The Morgan fingerprint density at radius 3 is 2.67 bits per heavy atom. The highest BCUT2D eigenvalue weighted by Gasteiger charge is 2.06. The van der Waals surface area contributed by atoms with Crippen LogP contribution in [0, 0.1) is 0 Å². The quantitative estimate of drug-likeness (QED) is 0.616. The van der Waals surface area contributed by atoms with Gasteiger partial charge in [0, 0.05) is 12.2 Å². The molecular formula is C17H29NO3. The van der Waals surface area contributed by atoms with Crippen molar-refractivity contribution in [3.05, 3.63) is 29.8 Å². The summed E-state index contributed by atoms with van der Waals surface area (Å²) >= 11 is 0. The molecule has 21 heavy (non-hydrogen) atoms. The lowest BCUT2D eigenvalue weighted by atomic mass is 10.1. The van der Waals surface area contributed by atoms with Gasteiger partial charge in [-0.2, -0.15) is 0 Å². The molecule has 0 aliphatic rings. The Labute approximate surface area is 128 Å². The van der Waals surface area contributed by atoms with Gasteiger partial charge in [0.05, 0.1) is 32.0 Å². The number of aliphatic hydroxyl groups excluding tert-OH is 1. The molecule has 0 radical (unpaired) electrons. The number of hydrogen-bond donors (Lipinski definition) is 2. The van der Waals surface area contributed by atoms with Crippen LogP contribution >= 0.6 is 0 Å². The molecule has 0 heterocycles. The molecule has 0 aromatic heterocycles. The standard InChI is InChI=1S/C17H29NO3/c1-4-7-15-8-5-6-9-17(15)18-12-16(19)13-20-10-11-21-14(2)3/h5-6,8-9,14,16,18-19H,4,7,10-13H2,1-3H3. The van der Waals surface area contributed by atoms with Crippen LogP contribution in [0.2, 0.25) is 0 Å². The average molecular weight is 295 g/mol. The second-order valence-corrected chi connectivity index (χ2v) is 5.44. The Balaban J connectivity index is 2.22. The molecule has 2 N–H and O–H groups in total. The summed E-state index contributed by atoms with van der Waals surface area (Å²) < 4.78 is 10.8. The van der Waals surface area contributed by atoms with Gasteiger partial charge >= 0.3 is 0 Å². The molecule has 0 spiro atoms.